The van der Waals surface area contributed by atoms with Gasteiger partial charge in [-0.25, -0.2) is 8.42 Å². The molecule has 0 saturated heterocycles. The molecular weight excluding hydrogens is 474 g/mol. The summed E-state index contributed by atoms with van der Waals surface area (Å²) in [5.74, 6) is -0.714. The number of anilines is 1. The quantitative estimate of drug-likeness (QED) is 0.558. The first-order chi connectivity index (χ1) is 16.1. The van der Waals surface area contributed by atoms with Crippen LogP contribution < -0.4 is 9.62 Å². The Hall–Kier alpha value is -2.58. The lowest BCUT2D eigenvalue weighted by molar-refractivity contribution is -0.139. The average molecular weight is 506 g/mol. The Kier molecular flexibility index (Phi) is 8.97. The maximum absolute atomic E-state index is 13.5. The summed E-state index contributed by atoms with van der Waals surface area (Å²) in [5, 5.41) is 3.60. The summed E-state index contributed by atoms with van der Waals surface area (Å²) in [7, 11) is -3.73. The normalized spacial score (nSPS) is 15.4. The minimum absolute atomic E-state index is 0.101. The molecule has 1 saturated carbocycles. The lowest BCUT2D eigenvalue weighted by Crippen LogP contribution is -2.52. The molecule has 0 heterocycles. The molecule has 1 atom stereocenters. The molecule has 1 fully saturated rings. The number of nitrogens with zero attached hydrogens (tertiary/aromatic N) is 2. The highest BCUT2D eigenvalue weighted by molar-refractivity contribution is 7.92. The van der Waals surface area contributed by atoms with E-state index < -0.39 is 28.5 Å². The number of hydrogen-bond donors (Lipinski definition) is 1. The summed E-state index contributed by atoms with van der Waals surface area (Å²) in [4.78, 5) is 28.0. The van der Waals surface area contributed by atoms with Crippen LogP contribution in [0.2, 0.25) is 5.02 Å². The summed E-state index contributed by atoms with van der Waals surface area (Å²) in [6.07, 6.45) is 6.23. The number of sulfonamides is 1. The smallest absolute Gasteiger partial charge is 0.244 e. The Bertz CT molecular complexity index is 1090. The van der Waals surface area contributed by atoms with Gasteiger partial charge in [-0.15, -0.1) is 0 Å². The summed E-state index contributed by atoms with van der Waals surface area (Å²) >= 11 is 6.13. The molecule has 1 aliphatic carbocycles. The number of hydrogen-bond acceptors (Lipinski definition) is 4. The molecule has 0 aromatic heterocycles. The molecule has 34 heavy (non-hydrogen) atoms. The molecule has 2 aromatic rings. The maximum atomic E-state index is 13.5. The van der Waals surface area contributed by atoms with Gasteiger partial charge in [-0.05, 0) is 49.6 Å². The van der Waals surface area contributed by atoms with Crippen LogP contribution in [0.25, 0.3) is 0 Å². The molecular formula is C25H32ClN3O4S. The third-order valence-corrected chi connectivity index (χ3v) is 7.46. The van der Waals surface area contributed by atoms with Crippen molar-refractivity contribution < 1.29 is 18.0 Å². The Balaban J connectivity index is 1.85. The van der Waals surface area contributed by atoms with Crippen molar-refractivity contribution in [2.24, 2.45) is 0 Å². The van der Waals surface area contributed by atoms with E-state index in [-0.39, 0.29) is 18.5 Å². The van der Waals surface area contributed by atoms with E-state index in [2.05, 4.69) is 5.32 Å². The Morgan fingerprint density at radius 3 is 2.35 bits per heavy atom. The standard InChI is InChI=1S/C25H32ClN3O4S/c1-19(25(31)27-22-12-5-3-6-13-22)28(17-20-10-9-11-21(26)16-20)24(30)18-29(34(2,32)33)23-14-7-4-8-15-23/h4,7-11,14-16,19,22H,3,5-6,12-13,17-18H2,1-2H3,(H,27,31)/t19-/m0/s1. The van der Waals surface area contributed by atoms with Crippen LogP contribution in [0.3, 0.4) is 0 Å². The molecule has 3 rings (SSSR count). The van der Waals surface area contributed by atoms with E-state index in [0.717, 1.165) is 41.8 Å². The molecule has 0 unspecified atom stereocenters. The van der Waals surface area contributed by atoms with Crippen LogP contribution in [-0.4, -0.2) is 50.0 Å². The lowest BCUT2D eigenvalue weighted by atomic mass is 9.95. The highest BCUT2D eigenvalue weighted by atomic mass is 35.5. The Morgan fingerprint density at radius 1 is 1.06 bits per heavy atom. The van der Waals surface area contributed by atoms with Crippen LogP contribution in [0.4, 0.5) is 5.69 Å². The molecule has 7 nitrogen and oxygen atoms in total. The average Bonchev–Trinajstić information content (AvgIpc) is 2.81. The molecule has 0 spiro atoms. The minimum Gasteiger partial charge on any atom is -0.352 e. The first-order valence-corrected chi connectivity index (χ1v) is 13.7. The van der Waals surface area contributed by atoms with Gasteiger partial charge < -0.3 is 10.2 Å². The van der Waals surface area contributed by atoms with Crippen LogP contribution in [0.5, 0.6) is 0 Å². The van der Waals surface area contributed by atoms with E-state index >= 15 is 0 Å². The minimum atomic E-state index is -3.73. The van der Waals surface area contributed by atoms with Crippen LogP contribution in [0.15, 0.2) is 54.6 Å². The van der Waals surface area contributed by atoms with Gasteiger partial charge in [0.1, 0.15) is 12.6 Å². The number of carbonyl (C=O) groups excluding carboxylic acids is 2. The number of nitrogens with one attached hydrogen (secondary N) is 1. The number of halogens is 1. The lowest BCUT2D eigenvalue weighted by Gasteiger charge is -2.33. The first kappa shape index (κ1) is 26.0. The van der Waals surface area contributed by atoms with Gasteiger partial charge in [-0.3, -0.25) is 13.9 Å². The van der Waals surface area contributed by atoms with E-state index in [4.69, 9.17) is 11.6 Å². The Labute approximate surface area is 207 Å². The van der Waals surface area contributed by atoms with Crippen molar-refractivity contribution in [2.75, 3.05) is 17.1 Å². The van der Waals surface area contributed by atoms with Crippen molar-refractivity contribution in [3.63, 3.8) is 0 Å². The summed E-state index contributed by atoms with van der Waals surface area (Å²) in [6, 6.07) is 14.8. The van der Waals surface area contributed by atoms with Crippen LogP contribution in [-0.2, 0) is 26.2 Å². The second kappa shape index (κ2) is 11.7. The molecule has 1 aliphatic rings. The molecule has 2 amide bonds. The van der Waals surface area contributed by atoms with Gasteiger partial charge >= 0.3 is 0 Å². The van der Waals surface area contributed by atoms with Crippen molar-refractivity contribution in [2.45, 2.75) is 57.7 Å². The SMILES string of the molecule is C[C@@H](C(=O)NC1CCCCC1)N(Cc1cccc(Cl)c1)C(=O)CN(c1ccccc1)S(C)(=O)=O. The predicted octanol–water partition coefficient (Wildman–Crippen LogP) is 3.97. The molecule has 184 valence electrons. The van der Waals surface area contributed by atoms with Crippen molar-refractivity contribution >= 4 is 39.1 Å². The van der Waals surface area contributed by atoms with Gasteiger partial charge in [0.05, 0.1) is 11.9 Å². The fourth-order valence-electron chi connectivity index (χ4n) is 4.19. The summed E-state index contributed by atoms with van der Waals surface area (Å²) in [6.45, 7) is 1.39. The van der Waals surface area contributed by atoms with E-state index in [1.165, 1.54) is 11.3 Å². The Morgan fingerprint density at radius 2 is 1.74 bits per heavy atom. The fourth-order valence-corrected chi connectivity index (χ4v) is 5.25. The number of benzene rings is 2. The zero-order valence-corrected chi connectivity index (χ0v) is 21.2. The first-order valence-electron chi connectivity index (χ1n) is 11.5. The van der Waals surface area contributed by atoms with E-state index in [1.54, 1.807) is 55.5 Å². The van der Waals surface area contributed by atoms with Gasteiger partial charge in [0.2, 0.25) is 21.8 Å². The topological polar surface area (TPSA) is 86.8 Å². The maximum Gasteiger partial charge on any atom is 0.244 e. The second-order valence-corrected chi connectivity index (χ2v) is 11.1. The zero-order chi connectivity index (χ0) is 24.7. The fraction of sp³-hybridized carbons (Fsp3) is 0.440. The van der Waals surface area contributed by atoms with Crippen molar-refractivity contribution in [3.05, 3.63) is 65.2 Å². The van der Waals surface area contributed by atoms with Crippen LogP contribution in [0, 0.1) is 0 Å². The zero-order valence-electron chi connectivity index (χ0n) is 19.6. The van der Waals surface area contributed by atoms with Crippen LogP contribution >= 0.6 is 11.6 Å². The van der Waals surface area contributed by atoms with Gasteiger partial charge in [-0.1, -0.05) is 61.2 Å². The molecule has 0 aliphatic heterocycles. The highest BCUT2D eigenvalue weighted by Crippen LogP contribution is 2.21. The third kappa shape index (κ3) is 7.21. The van der Waals surface area contributed by atoms with Crippen molar-refractivity contribution in [1.29, 1.82) is 0 Å². The van der Waals surface area contributed by atoms with Gasteiger partial charge in [-0.2, -0.15) is 0 Å². The third-order valence-electron chi connectivity index (χ3n) is 6.08. The number of amides is 2. The summed E-state index contributed by atoms with van der Waals surface area (Å²) in [5.41, 5.74) is 1.14. The number of para-hydroxylation sites is 1. The second-order valence-electron chi connectivity index (χ2n) is 8.78. The highest BCUT2D eigenvalue weighted by Gasteiger charge is 2.31. The molecule has 1 N–H and O–H groups in total. The number of carbonyl (C=O) groups is 2. The molecule has 9 heteroatoms. The van der Waals surface area contributed by atoms with E-state index in [1.807, 2.05) is 6.07 Å². The predicted molar refractivity (Wildman–Crippen MR) is 135 cm³/mol. The largest absolute Gasteiger partial charge is 0.352 e. The van der Waals surface area contributed by atoms with Crippen LogP contribution in [0.1, 0.15) is 44.6 Å². The summed E-state index contributed by atoms with van der Waals surface area (Å²) < 4.78 is 26.1. The molecule has 2 aromatic carbocycles. The van der Waals surface area contributed by atoms with Crippen molar-refractivity contribution in [1.82, 2.24) is 10.2 Å². The van der Waals surface area contributed by atoms with E-state index in [0.29, 0.717) is 10.7 Å². The van der Waals surface area contributed by atoms with E-state index in [9.17, 15) is 18.0 Å². The monoisotopic (exact) mass is 505 g/mol. The van der Waals surface area contributed by atoms with Gasteiger partial charge in [0.15, 0.2) is 0 Å². The molecule has 0 bridgehead atoms. The number of rotatable bonds is 9. The molecule has 0 radical (unpaired) electrons. The van der Waals surface area contributed by atoms with Gasteiger partial charge in [0.25, 0.3) is 0 Å². The van der Waals surface area contributed by atoms with Crippen molar-refractivity contribution in [3.8, 4) is 0 Å². The van der Waals surface area contributed by atoms with Gasteiger partial charge in [0, 0.05) is 17.6 Å².